The van der Waals surface area contributed by atoms with E-state index in [2.05, 4.69) is 5.32 Å². The van der Waals surface area contributed by atoms with E-state index < -0.39 is 10.0 Å². The summed E-state index contributed by atoms with van der Waals surface area (Å²) in [7, 11) is -3.37. The molecule has 1 aromatic rings. The van der Waals surface area contributed by atoms with Crippen molar-refractivity contribution in [3.63, 3.8) is 0 Å². The lowest BCUT2D eigenvalue weighted by Crippen LogP contribution is -2.46. The van der Waals surface area contributed by atoms with E-state index >= 15 is 0 Å². The van der Waals surface area contributed by atoms with Crippen molar-refractivity contribution in [2.75, 3.05) is 13.1 Å². The summed E-state index contributed by atoms with van der Waals surface area (Å²) >= 11 is 5.86. The van der Waals surface area contributed by atoms with Crippen LogP contribution in [0.15, 0.2) is 24.3 Å². The number of piperidine rings is 1. The lowest BCUT2D eigenvalue weighted by molar-refractivity contribution is -0.127. The summed E-state index contributed by atoms with van der Waals surface area (Å²) in [5.74, 6) is 1.51. The number of amides is 1. The average Bonchev–Trinajstić information content (AvgIpc) is 3.27. The first kappa shape index (κ1) is 19.2. The zero-order valence-electron chi connectivity index (χ0n) is 15.4. The Morgan fingerprint density at radius 3 is 2.37 bits per heavy atom. The van der Waals surface area contributed by atoms with Gasteiger partial charge >= 0.3 is 0 Å². The summed E-state index contributed by atoms with van der Waals surface area (Å²) in [4.78, 5) is 12.6. The molecule has 27 heavy (non-hydrogen) atoms. The Morgan fingerprint density at radius 2 is 1.78 bits per heavy atom. The molecule has 0 radical (unpaired) electrons. The highest BCUT2D eigenvalue weighted by molar-refractivity contribution is 7.88. The molecule has 1 aromatic carbocycles. The molecule has 148 valence electrons. The quantitative estimate of drug-likeness (QED) is 0.810. The van der Waals surface area contributed by atoms with Crippen LogP contribution in [0, 0.1) is 17.8 Å². The van der Waals surface area contributed by atoms with Crippen LogP contribution < -0.4 is 5.32 Å². The van der Waals surface area contributed by atoms with E-state index in [4.69, 9.17) is 11.6 Å². The lowest BCUT2D eigenvalue weighted by atomic mass is 9.93. The first-order valence-corrected chi connectivity index (χ1v) is 11.9. The molecule has 0 unspecified atom stereocenters. The maximum absolute atomic E-state index is 12.7. The van der Waals surface area contributed by atoms with Crippen molar-refractivity contribution in [2.24, 2.45) is 17.8 Å². The predicted octanol–water partition coefficient (Wildman–Crippen LogP) is 3.19. The second-order valence-electron chi connectivity index (χ2n) is 8.35. The number of nitrogens with one attached hydrogen (secondary N) is 1. The minimum atomic E-state index is -3.37. The van der Waals surface area contributed by atoms with E-state index in [0.29, 0.717) is 42.9 Å². The van der Waals surface area contributed by atoms with Crippen LogP contribution in [0.5, 0.6) is 0 Å². The van der Waals surface area contributed by atoms with E-state index in [9.17, 15) is 13.2 Å². The Kier molecular flexibility index (Phi) is 5.50. The molecule has 3 fully saturated rings. The Balaban J connectivity index is 1.29. The number of sulfonamides is 1. The third-order valence-electron chi connectivity index (χ3n) is 6.55. The van der Waals surface area contributed by atoms with Gasteiger partial charge in [-0.2, -0.15) is 0 Å². The highest BCUT2D eigenvalue weighted by Crippen LogP contribution is 2.44. The number of hydrogen-bond acceptors (Lipinski definition) is 3. The molecular formula is C20H27ClN2O3S. The minimum Gasteiger partial charge on any atom is -0.353 e. The number of rotatable bonds is 5. The van der Waals surface area contributed by atoms with Gasteiger partial charge in [0, 0.05) is 30.1 Å². The fourth-order valence-electron chi connectivity index (χ4n) is 5.00. The lowest BCUT2D eigenvalue weighted by Gasteiger charge is -2.32. The van der Waals surface area contributed by atoms with E-state index in [0.717, 1.165) is 17.9 Å². The third kappa shape index (κ3) is 4.33. The van der Waals surface area contributed by atoms with Gasteiger partial charge in [-0.1, -0.05) is 30.2 Å². The number of carbonyl (C=O) groups excluding carboxylic acids is 1. The van der Waals surface area contributed by atoms with Gasteiger partial charge in [-0.05, 0) is 61.6 Å². The smallest absolute Gasteiger partial charge is 0.223 e. The molecule has 2 bridgehead atoms. The highest BCUT2D eigenvalue weighted by atomic mass is 35.5. The number of halogens is 1. The average molecular weight is 411 g/mol. The zero-order chi connectivity index (χ0) is 19.0. The van der Waals surface area contributed by atoms with Crippen molar-refractivity contribution in [3.8, 4) is 0 Å². The molecule has 4 rings (SSSR count). The number of carbonyl (C=O) groups is 1. The molecule has 1 saturated heterocycles. The normalized spacial score (nSPS) is 29.1. The van der Waals surface area contributed by atoms with Gasteiger partial charge in [-0.3, -0.25) is 4.79 Å². The molecule has 1 amide bonds. The predicted molar refractivity (Wildman–Crippen MR) is 106 cm³/mol. The Bertz CT molecular complexity index is 788. The van der Waals surface area contributed by atoms with Crippen molar-refractivity contribution >= 4 is 27.5 Å². The van der Waals surface area contributed by atoms with Crippen LogP contribution in [-0.4, -0.2) is 37.8 Å². The number of nitrogens with zero attached hydrogens (tertiary/aromatic N) is 1. The van der Waals surface area contributed by atoms with Crippen molar-refractivity contribution in [1.29, 1.82) is 0 Å². The van der Waals surface area contributed by atoms with Crippen LogP contribution in [-0.2, 0) is 20.6 Å². The summed E-state index contributed by atoms with van der Waals surface area (Å²) in [6.45, 7) is 0.843. The Labute approximate surface area is 166 Å². The molecule has 5 nitrogen and oxygen atoms in total. The van der Waals surface area contributed by atoms with Crippen LogP contribution in [0.2, 0.25) is 5.02 Å². The second-order valence-corrected chi connectivity index (χ2v) is 10.8. The monoisotopic (exact) mass is 410 g/mol. The molecule has 2 saturated carbocycles. The molecule has 0 aromatic heterocycles. The van der Waals surface area contributed by atoms with E-state index in [1.165, 1.54) is 23.6 Å². The first-order valence-electron chi connectivity index (χ1n) is 9.93. The Morgan fingerprint density at radius 1 is 1.07 bits per heavy atom. The fraction of sp³-hybridized carbons (Fsp3) is 0.650. The summed E-state index contributed by atoms with van der Waals surface area (Å²) in [6, 6.07) is 7.25. The van der Waals surface area contributed by atoms with E-state index in [1.54, 1.807) is 24.3 Å². The van der Waals surface area contributed by atoms with Gasteiger partial charge in [0.15, 0.2) is 0 Å². The summed E-state index contributed by atoms with van der Waals surface area (Å²) in [5.41, 5.74) is 0.732. The molecular weight excluding hydrogens is 384 g/mol. The topological polar surface area (TPSA) is 66.5 Å². The largest absolute Gasteiger partial charge is 0.353 e. The molecule has 1 heterocycles. The zero-order valence-corrected chi connectivity index (χ0v) is 17.0. The number of benzene rings is 1. The van der Waals surface area contributed by atoms with E-state index in [1.807, 2.05) is 0 Å². The maximum atomic E-state index is 12.7. The molecule has 7 heteroatoms. The van der Waals surface area contributed by atoms with E-state index in [-0.39, 0.29) is 17.6 Å². The van der Waals surface area contributed by atoms with Crippen LogP contribution >= 0.6 is 11.6 Å². The van der Waals surface area contributed by atoms with Gasteiger partial charge in [0.1, 0.15) is 0 Å². The van der Waals surface area contributed by atoms with Crippen molar-refractivity contribution in [3.05, 3.63) is 34.9 Å². The standard InChI is InChI=1S/C20H27ClN2O3S/c21-18-5-2-14(3-6-18)13-27(25,26)23-9-7-16(8-10-23)20(24)22-19-12-15-1-4-17(19)11-15/h2-3,5-6,15-17,19H,1,4,7-13H2,(H,22,24)/t15-,17-,19+/m0/s1. The summed E-state index contributed by atoms with van der Waals surface area (Å²) < 4.78 is 26.9. The fourth-order valence-corrected chi connectivity index (χ4v) is 6.69. The van der Waals surface area contributed by atoms with Crippen molar-refractivity contribution < 1.29 is 13.2 Å². The Hall–Kier alpha value is -1.11. The second kappa shape index (κ2) is 7.72. The van der Waals surface area contributed by atoms with Gasteiger partial charge < -0.3 is 5.32 Å². The van der Waals surface area contributed by atoms with Crippen LogP contribution in [0.1, 0.15) is 44.1 Å². The highest BCUT2D eigenvalue weighted by Gasteiger charge is 2.41. The van der Waals surface area contributed by atoms with Crippen LogP contribution in [0.25, 0.3) is 0 Å². The van der Waals surface area contributed by atoms with Crippen LogP contribution in [0.3, 0.4) is 0 Å². The first-order chi connectivity index (χ1) is 12.9. The molecule has 2 aliphatic carbocycles. The van der Waals surface area contributed by atoms with Crippen molar-refractivity contribution in [2.45, 2.75) is 50.3 Å². The van der Waals surface area contributed by atoms with Crippen LogP contribution in [0.4, 0.5) is 0 Å². The van der Waals surface area contributed by atoms with Gasteiger partial charge in [0.2, 0.25) is 15.9 Å². The van der Waals surface area contributed by atoms with Gasteiger partial charge in [0.25, 0.3) is 0 Å². The molecule has 0 spiro atoms. The van der Waals surface area contributed by atoms with Gasteiger partial charge in [-0.15, -0.1) is 0 Å². The number of hydrogen-bond donors (Lipinski definition) is 1. The van der Waals surface area contributed by atoms with Gasteiger partial charge in [0.05, 0.1) is 5.75 Å². The molecule has 3 atom stereocenters. The summed E-state index contributed by atoms with van der Waals surface area (Å²) in [5, 5.41) is 3.86. The number of fused-ring (bicyclic) bond motifs is 2. The molecule has 3 aliphatic rings. The molecule has 1 N–H and O–H groups in total. The third-order valence-corrected chi connectivity index (χ3v) is 8.65. The van der Waals surface area contributed by atoms with Crippen molar-refractivity contribution in [1.82, 2.24) is 9.62 Å². The SMILES string of the molecule is O=C(N[C@@H]1C[C@H]2CC[C@H]1C2)C1CCN(S(=O)(=O)Cc2ccc(Cl)cc2)CC1. The minimum absolute atomic E-state index is 0.0217. The molecule has 1 aliphatic heterocycles. The maximum Gasteiger partial charge on any atom is 0.223 e. The van der Waals surface area contributed by atoms with Gasteiger partial charge in [-0.25, -0.2) is 12.7 Å². The summed E-state index contributed by atoms with van der Waals surface area (Å²) in [6.07, 6.45) is 6.17.